The molecule has 3 heterocycles. The number of aromatic nitrogens is 3. The molecular weight excluding hydrogens is 364 g/mol. The van der Waals surface area contributed by atoms with Crippen molar-refractivity contribution in [3.63, 3.8) is 0 Å². The number of hydrogen-bond acceptors (Lipinski definition) is 6. The van der Waals surface area contributed by atoms with Gasteiger partial charge in [-0.2, -0.15) is 0 Å². The predicted octanol–water partition coefficient (Wildman–Crippen LogP) is 3.01. The van der Waals surface area contributed by atoms with Crippen LogP contribution in [0.3, 0.4) is 0 Å². The minimum absolute atomic E-state index is 0.141. The van der Waals surface area contributed by atoms with Crippen molar-refractivity contribution in [3.8, 4) is 0 Å². The Labute approximate surface area is 170 Å². The second kappa shape index (κ2) is 9.25. The van der Waals surface area contributed by atoms with E-state index in [1.54, 1.807) is 24.4 Å². The number of nitrogens with zero attached hydrogens (tertiary/aromatic N) is 4. The van der Waals surface area contributed by atoms with Crippen LogP contribution in [0.25, 0.3) is 0 Å². The molecule has 1 aliphatic heterocycles. The van der Waals surface area contributed by atoms with E-state index in [1.165, 1.54) is 11.9 Å². The van der Waals surface area contributed by atoms with Gasteiger partial charge in [-0.15, -0.1) is 0 Å². The Hall–Kier alpha value is -3.32. The molecule has 0 atom stereocenters. The second-order valence-corrected chi connectivity index (χ2v) is 7.14. The van der Waals surface area contributed by atoms with Gasteiger partial charge >= 0.3 is 0 Å². The lowest BCUT2D eigenvalue weighted by Crippen LogP contribution is -2.44. The molecule has 0 unspecified atom stereocenters. The van der Waals surface area contributed by atoms with Crippen molar-refractivity contribution < 1.29 is 4.79 Å². The van der Waals surface area contributed by atoms with Crippen molar-refractivity contribution in [2.75, 3.05) is 18.4 Å². The average molecular weight is 388 g/mol. The first-order valence-electron chi connectivity index (χ1n) is 9.83. The maximum Gasteiger partial charge on any atom is 0.270 e. The third-order valence-corrected chi connectivity index (χ3v) is 4.99. The topological polar surface area (TPSA) is 83.0 Å². The van der Waals surface area contributed by atoms with E-state index in [0.29, 0.717) is 17.3 Å². The van der Waals surface area contributed by atoms with Crippen LogP contribution in [-0.4, -0.2) is 44.9 Å². The van der Waals surface area contributed by atoms with Gasteiger partial charge in [0.15, 0.2) is 0 Å². The molecule has 1 saturated heterocycles. The molecule has 7 heteroatoms. The van der Waals surface area contributed by atoms with Crippen molar-refractivity contribution in [1.82, 2.24) is 25.2 Å². The smallest absolute Gasteiger partial charge is 0.270 e. The third kappa shape index (κ3) is 5.36. The zero-order valence-electron chi connectivity index (χ0n) is 16.2. The quantitative estimate of drug-likeness (QED) is 0.675. The molecule has 1 aromatic carbocycles. The molecule has 2 aromatic heterocycles. The molecule has 2 N–H and O–H groups in total. The Morgan fingerprint density at radius 3 is 2.59 bits per heavy atom. The fourth-order valence-electron chi connectivity index (χ4n) is 3.46. The largest absolute Gasteiger partial charge is 0.348 e. The first kappa shape index (κ1) is 19.0. The molecule has 7 nitrogen and oxygen atoms in total. The van der Waals surface area contributed by atoms with Crippen LogP contribution >= 0.6 is 0 Å². The van der Waals surface area contributed by atoms with Crippen LogP contribution in [0.2, 0.25) is 0 Å². The Morgan fingerprint density at radius 1 is 1.00 bits per heavy atom. The summed E-state index contributed by atoms with van der Waals surface area (Å²) in [5.41, 5.74) is 1.72. The lowest BCUT2D eigenvalue weighted by molar-refractivity contribution is 0.0904. The van der Waals surface area contributed by atoms with Gasteiger partial charge < -0.3 is 10.6 Å². The molecule has 4 rings (SSSR count). The van der Waals surface area contributed by atoms with Crippen LogP contribution in [0, 0.1) is 0 Å². The predicted molar refractivity (Wildman–Crippen MR) is 112 cm³/mol. The normalized spacial score (nSPS) is 15.0. The highest BCUT2D eigenvalue weighted by molar-refractivity contribution is 5.92. The molecule has 0 aliphatic carbocycles. The number of nitrogens with one attached hydrogen (secondary N) is 2. The van der Waals surface area contributed by atoms with Gasteiger partial charge in [-0.1, -0.05) is 36.4 Å². The maximum atomic E-state index is 12.6. The summed E-state index contributed by atoms with van der Waals surface area (Å²) in [6.45, 7) is 2.91. The summed E-state index contributed by atoms with van der Waals surface area (Å²) in [5.74, 6) is 1.07. The van der Waals surface area contributed by atoms with Crippen LogP contribution in [0.5, 0.6) is 0 Å². The lowest BCUT2D eigenvalue weighted by atomic mass is 10.0. The summed E-state index contributed by atoms with van der Waals surface area (Å²) in [4.78, 5) is 27.5. The van der Waals surface area contributed by atoms with E-state index in [1.807, 2.05) is 12.1 Å². The van der Waals surface area contributed by atoms with Gasteiger partial charge in [-0.3, -0.25) is 9.69 Å². The zero-order chi connectivity index (χ0) is 19.9. The highest BCUT2D eigenvalue weighted by atomic mass is 16.1. The second-order valence-electron chi connectivity index (χ2n) is 7.14. The van der Waals surface area contributed by atoms with E-state index in [0.717, 1.165) is 32.5 Å². The highest BCUT2D eigenvalue weighted by Gasteiger charge is 2.21. The van der Waals surface area contributed by atoms with E-state index < -0.39 is 0 Å². The first-order chi connectivity index (χ1) is 14.3. The number of likely N-dealkylation sites (tertiary alicyclic amines) is 1. The fourth-order valence-corrected chi connectivity index (χ4v) is 3.46. The number of piperidine rings is 1. The summed E-state index contributed by atoms with van der Waals surface area (Å²) < 4.78 is 0. The van der Waals surface area contributed by atoms with Gasteiger partial charge in [0, 0.05) is 31.9 Å². The minimum atomic E-state index is -0.141. The molecule has 1 aliphatic rings. The van der Waals surface area contributed by atoms with Crippen LogP contribution in [0.4, 0.5) is 11.6 Å². The molecule has 1 amide bonds. The van der Waals surface area contributed by atoms with Crippen molar-refractivity contribution in [3.05, 3.63) is 78.4 Å². The number of rotatable bonds is 6. The molecule has 0 saturated carbocycles. The monoisotopic (exact) mass is 388 g/mol. The first-order valence-corrected chi connectivity index (χ1v) is 9.83. The Bertz CT molecular complexity index is 926. The van der Waals surface area contributed by atoms with Gasteiger partial charge in [-0.25, -0.2) is 15.0 Å². The summed E-state index contributed by atoms with van der Waals surface area (Å²) in [6.07, 6.45) is 4.99. The van der Waals surface area contributed by atoms with Gasteiger partial charge in [0.1, 0.15) is 23.7 Å². The third-order valence-electron chi connectivity index (χ3n) is 4.99. The van der Waals surface area contributed by atoms with Gasteiger partial charge in [0.25, 0.3) is 5.91 Å². The van der Waals surface area contributed by atoms with Gasteiger partial charge in [0.05, 0.1) is 0 Å². The summed E-state index contributed by atoms with van der Waals surface area (Å²) in [6, 6.07) is 17.8. The molecule has 3 aromatic rings. The van der Waals surface area contributed by atoms with E-state index >= 15 is 0 Å². The standard InChI is InChI=1S/C22H24N6O/c29-22(19-7-4-8-21(26-19)27-20-9-12-23-16-24-20)25-18-10-13-28(14-11-18)15-17-5-2-1-3-6-17/h1-9,12,16,18H,10-11,13-15H2,(H,25,29)(H,23,24,26,27). The lowest BCUT2D eigenvalue weighted by Gasteiger charge is -2.32. The molecule has 29 heavy (non-hydrogen) atoms. The molecule has 0 bridgehead atoms. The maximum absolute atomic E-state index is 12.6. The molecule has 148 valence electrons. The van der Waals surface area contributed by atoms with Crippen molar-refractivity contribution in [1.29, 1.82) is 0 Å². The zero-order valence-corrected chi connectivity index (χ0v) is 16.2. The highest BCUT2D eigenvalue weighted by Crippen LogP contribution is 2.15. The molecule has 0 radical (unpaired) electrons. The number of benzene rings is 1. The number of amides is 1. The van der Waals surface area contributed by atoms with Crippen LogP contribution in [0.15, 0.2) is 67.1 Å². The van der Waals surface area contributed by atoms with Crippen LogP contribution in [-0.2, 0) is 6.54 Å². The van der Waals surface area contributed by atoms with E-state index in [-0.39, 0.29) is 11.9 Å². The SMILES string of the molecule is O=C(NC1CCN(Cc2ccccc2)CC1)c1cccc(Nc2ccncn2)n1. The van der Waals surface area contributed by atoms with Gasteiger partial charge in [-0.05, 0) is 36.6 Å². The van der Waals surface area contributed by atoms with Gasteiger partial charge in [0.2, 0.25) is 0 Å². The minimum Gasteiger partial charge on any atom is -0.348 e. The molecule has 0 spiro atoms. The van der Waals surface area contributed by atoms with Crippen LogP contribution < -0.4 is 10.6 Å². The summed E-state index contributed by atoms with van der Waals surface area (Å²) in [5, 5.41) is 6.21. The number of pyridine rings is 1. The van der Waals surface area contributed by atoms with Crippen molar-refractivity contribution in [2.24, 2.45) is 0 Å². The molecular formula is C22H24N6O. The number of carbonyl (C=O) groups excluding carboxylic acids is 1. The van der Waals surface area contributed by atoms with Crippen molar-refractivity contribution >= 4 is 17.5 Å². The Kier molecular flexibility index (Phi) is 6.07. The van der Waals surface area contributed by atoms with Crippen molar-refractivity contribution in [2.45, 2.75) is 25.4 Å². The van der Waals surface area contributed by atoms with E-state index in [2.05, 4.69) is 54.8 Å². The Balaban J connectivity index is 1.29. The number of anilines is 2. The van der Waals surface area contributed by atoms with Crippen LogP contribution in [0.1, 0.15) is 28.9 Å². The average Bonchev–Trinajstić information content (AvgIpc) is 2.77. The number of hydrogen-bond donors (Lipinski definition) is 2. The summed E-state index contributed by atoms with van der Waals surface area (Å²) >= 11 is 0. The van der Waals surface area contributed by atoms with E-state index in [9.17, 15) is 4.79 Å². The Morgan fingerprint density at radius 2 is 1.83 bits per heavy atom. The summed E-state index contributed by atoms with van der Waals surface area (Å²) in [7, 11) is 0. The fraction of sp³-hybridized carbons (Fsp3) is 0.273. The molecule has 1 fully saturated rings. The van der Waals surface area contributed by atoms with E-state index in [4.69, 9.17) is 0 Å². The number of carbonyl (C=O) groups is 1.